The van der Waals surface area contributed by atoms with E-state index in [0.29, 0.717) is 18.8 Å². The minimum atomic E-state index is -0.0579. The quantitative estimate of drug-likeness (QED) is 0.705. The van der Waals surface area contributed by atoms with Gasteiger partial charge in [0.15, 0.2) is 0 Å². The summed E-state index contributed by atoms with van der Waals surface area (Å²) in [6, 6.07) is 11.9. The van der Waals surface area contributed by atoms with Crippen LogP contribution in [0.5, 0.6) is 0 Å². The van der Waals surface area contributed by atoms with Crippen molar-refractivity contribution >= 4 is 23.6 Å². The first-order valence-corrected chi connectivity index (χ1v) is 10.9. The molecule has 2 atom stereocenters. The number of hydrogen-bond acceptors (Lipinski definition) is 5. The molecule has 1 aliphatic rings. The fraction of sp³-hybridized carbons (Fsp3) is 0.455. The molecule has 0 spiro atoms. The maximum Gasteiger partial charge on any atom is 0.230 e. The van der Waals surface area contributed by atoms with Gasteiger partial charge in [0.2, 0.25) is 11.8 Å². The zero-order valence-corrected chi connectivity index (χ0v) is 17.9. The first-order chi connectivity index (χ1) is 14.0. The molecule has 2 amide bonds. The summed E-state index contributed by atoms with van der Waals surface area (Å²) in [6.45, 7) is 2.02. The van der Waals surface area contributed by atoms with Crippen LogP contribution >= 0.6 is 11.8 Å². The summed E-state index contributed by atoms with van der Waals surface area (Å²) >= 11 is 1.54. The van der Waals surface area contributed by atoms with Crippen molar-refractivity contribution in [2.45, 2.75) is 30.3 Å². The van der Waals surface area contributed by atoms with E-state index in [1.54, 1.807) is 29.2 Å². The SMILES string of the molecule is CN1C[C@@H](NC(=O)CSc2ccccc2)CC[C@@H](C(=O)N(C)Cc2ccoc2)C1. The van der Waals surface area contributed by atoms with E-state index < -0.39 is 0 Å². The van der Waals surface area contributed by atoms with Crippen molar-refractivity contribution < 1.29 is 14.0 Å². The van der Waals surface area contributed by atoms with Crippen LogP contribution in [0.4, 0.5) is 0 Å². The van der Waals surface area contributed by atoms with Crippen LogP contribution in [0, 0.1) is 5.92 Å². The summed E-state index contributed by atoms with van der Waals surface area (Å²) in [5.74, 6) is 0.529. The molecule has 1 aromatic carbocycles. The normalized spacial score (nSPS) is 20.1. The van der Waals surface area contributed by atoms with Gasteiger partial charge < -0.3 is 19.5 Å². The van der Waals surface area contributed by atoms with E-state index in [-0.39, 0.29) is 23.8 Å². The van der Waals surface area contributed by atoms with Gasteiger partial charge in [-0.15, -0.1) is 11.8 Å². The number of rotatable bonds is 7. The number of thioether (sulfide) groups is 1. The number of likely N-dealkylation sites (tertiary alicyclic amines) is 1. The molecule has 156 valence electrons. The molecule has 1 aliphatic heterocycles. The number of carbonyl (C=O) groups is 2. The summed E-state index contributed by atoms with van der Waals surface area (Å²) in [6.07, 6.45) is 4.87. The smallest absolute Gasteiger partial charge is 0.230 e. The molecule has 2 aromatic rings. The maximum absolute atomic E-state index is 12.9. The number of carbonyl (C=O) groups excluding carboxylic acids is 2. The molecule has 0 saturated carbocycles. The third kappa shape index (κ3) is 6.65. The van der Waals surface area contributed by atoms with Crippen molar-refractivity contribution in [1.29, 1.82) is 0 Å². The summed E-state index contributed by atoms with van der Waals surface area (Å²) < 4.78 is 5.09. The number of nitrogens with one attached hydrogen (secondary N) is 1. The summed E-state index contributed by atoms with van der Waals surface area (Å²) in [5, 5.41) is 3.15. The average Bonchev–Trinajstić information content (AvgIpc) is 3.15. The van der Waals surface area contributed by atoms with E-state index in [1.807, 2.05) is 50.5 Å². The van der Waals surface area contributed by atoms with Crippen LogP contribution in [0.1, 0.15) is 18.4 Å². The molecular weight excluding hydrogens is 386 g/mol. The van der Waals surface area contributed by atoms with Crippen molar-refractivity contribution in [3.63, 3.8) is 0 Å². The Bertz CT molecular complexity index is 782. The molecule has 1 fully saturated rings. The lowest BCUT2D eigenvalue weighted by molar-refractivity contribution is -0.135. The average molecular weight is 416 g/mol. The number of nitrogens with zero attached hydrogens (tertiary/aromatic N) is 2. The Morgan fingerprint density at radius 1 is 1.21 bits per heavy atom. The number of hydrogen-bond donors (Lipinski definition) is 1. The number of likely N-dealkylation sites (N-methyl/N-ethyl adjacent to an activating group) is 1. The Morgan fingerprint density at radius 3 is 2.72 bits per heavy atom. The van der Waals surface area contributed by atoms with Gasteiger partial charge in [0.25, 0.3) is 0 Å². The van der Waals surface area contributed by atoms with E-state index >= 15 is 0 Å². The highest BCUT2D eigenvalue weighted by Gasteiger charge is 2.29. The molecule has 0 unspecified atom stereocenters. The molecule has 1 saturated heterocycles. The second-order valence-corrected chi connectivity index (χ2v) is 8.74. The van der Waals surface area contributed by atoms with Gasteiger partial charge in [-0.1, -0.05) is 18.2 Å². The molecule has 0 aliphatic carbocycles. The lowest BCUT2D eigenvalue weighted by Gasteiger charge is -2.25. The third-order valence-corrected chi connectivity index (χ3v) is 6.14. The molecule has 1 N–H and O–H groups in total. The van der Waals surface area contributed by atoms with E-state index in [9.17, 15) is 9.59 Å². The lowest BCUT2D eigenvalue weighted by Crippen LogP contribution is -2.42. The van der Waals surface area contributed by atoms with Crippen LogP contribution in [-0.4, -0.2) is 60.6 Å². The zero-order chi connectivity index (χ0) is 20.6. The largest absolute Gasteiger partial charge is 0.472 e. The van der Waals surface area contributed by atoms with Crippen LogP contribution in [0.3, 0.4) is 0 Å². The predicted molar refractivity (Wildman–Crippen MR) is 114 cm³/mol. The molecule has 2 heterocycles. The lowest BCUT2D eigenvalue weighted by atomic mass is 10.00. The zero-order valence-electron chi connectivity index (χ0n) is 17.0. The van der Waals surface area contributed by atoms with Crippen molar-refractivity contribution in [3.8, 4) is 0 Å². The molecule has 0 radical (unpaired) electrons. The van der Waals surface area contributed by atoms with Crippen LogP contribution < -0.4 is 5.32 Å². The molecule has 29 heavy (non-hydrogen) atoms. The highest BCUT2D eigenvalue weighted by Crippen LogP contribution is 2.20. The van der Waals surface area contributed by atoms with E-state index in [1.165, 1.54) is 0 Å². The Labute approximate surface area is 176 Å². The molecular formula is C22H29N3O3S. The standard InChI is InChI=1S/C22H29N3O3S/c1-24-13-18(22(27)25(2)12-17-10-11-28-15-17)8-9-19(14-24)23-21(26)16-29-20-6-4-3-5-7-20/h3-7,10-11,15,18-19H,8-9,12-14,16H2,1-2H3,(H,23,26)/t18-,19+/m1/s1. The van der Waals surface area contributed by atoms with Crippen LogP contribution in [0.15, 0.2) is 58.2 Å². The van der Waals surface area contributed by atoms with Crippen molar-refractivity contribution in [2.75, 3.05) is 32.9 Å². The van der Waals surface area contributed by atoms with Crippen LogP contribution in [0.25, 0.3) is 0 Å². The van der Waals surface area contributed by atoms with Gasteiger partial charge in [0.1, 0.15) is 0 Å². The minimum absolute atomic E-state index is 0.0408. The van der Waals surface area contributed by atoms with Gasteiger partial charge in [0.05, 0.1) is 24.2 Å². The van der Waals surface area contributed by atoms with E-state index in [0.717, 1.165) is 29.8 Å². The molecule has 0 bridgehead atoms. The monoisotopic (exact) mass is 415 g/mol. The van der Waals surface area contributed by atoms with Gasteiger partial charge in [-0.2, -0.15) is 0 Å². The first-order valence-electron chi connectivity index (χ1n) is 9.93. The summed E-state index contributed by atoms with van der Waals surface area (Å²) in [5.41, 5.74) is 0.990. The van der Waals surface area contributed by atoms with Crippen LogP contribution in [0.2, 0.25) is 0 Å². The van der Waals surface area contributed by atoms with E-state index in [2.05, 4.69) is 10.2 Å². The highest BCUT2D eigenvalue weighted by molar-refractivity contribution is 8.00. The fourth-order valence-electron chi connectivity index (χ4n) is 3.71. The minimum Gasteiger partial charge on any atom is -0.472 e. The number of amides is 2. The molecule has 7 heteroatoms. The number of benzene rings is 1. The number of furan rings is 1. The second-order valence-electron chi connectivity index (χ2n) is 7.69. The molecule has 1 aromatic heterocycles. The summed E-state index contributed by atoms with van der Waals surface area (Å²) in [7, 11) is 3.85. The Balaban J connectivity index is 1.47. The van der Waals surface area contributed by atoms with E-state index in [4.69, 9.17) is 4.42 Å². The predicted octanol–water partition coefficient (Wildman–Crippen LogP) is 2.86. The van der Waals surface area contributed by atoms with Crippen molar-refractivity contribution in [2.24, 2.45) is 5.92 Å². The first kappa shape index (κ1) is 21.5. The molecule has 3 rings (SSSR count). The van der Waals surface area contributed by atoms with Crippen molar-refractivity contribution in [3.05, 3.63) is 54.5 Å². The van der Waals surface area contributed by atoms with Gasteiger partial charge in [-0.25, -0.2) is 0 Å². The Kier molecular flexibility index (Phi) is 7.77. The van der Waals surface area contributed by atoms with Crippen molar-refractivity contribution in [1.82, 2.24) is 15.1 Å². The topological polar surface area (TPSA) is 65.8 Å². The Morgan fingerprint density at radius 2 is 2.00 bits per heavy atom. The van der Waals surface area contributed by atoms with Gasteiger partial charge in [-0.05, 0) is 38.1 Å². The van der Waals surface area contributed by atoms with Gasteiger partial charge in [0, 0.05) is 43.2 Å². The summed E-state index contributed by atoms with van der Waals surface area (Å²) in [4.78, 5) is 30.3. The Hall–Kier alpha value is -2.25. The second kappa shape index (κ2) is 10.5. The van der Waals surface area contributed by atoms with Gasteiger partial charge in [-0.3, -0.25) is 9.59 Å². The highest BCUT2D eigenvalue weighted by atomic mass is 32.2. The van der Waals surface area contributed by atoms with Gasteiger partial charge >= 0.3 is 0 Å². The molecule has 6 nitrogen and oxygen atoms in total. The maximum atomic E-state index is 12.9. The fourth-order valence-corrected chi connectivity index (χ4v) is 4.44. The third-order valence-electron chi connectivity index (χ3n) is 5.13. The van der Waals surface area contributed by atoms with Crippen LogP contribution in [-0.2, 0) is 16.1 Å².